The van der Waals surface area contributed by atoms with Gasteiger partial charge in [-0.05, 0) is 58.1 Å². The second-order valence-corrected chi connectivity index (χ2v) is 4.19. The van der Waals surface area contributed by atoms with Crippen LogP contribution >= 0.6 is 0 Å². The summed E-state index contributed by atoms with van der Waals surface area (Å²) in [5.74, 6) is 0. The van der Waals surface area contributed by atoms with Gasteiger partial charge in [-0.1, -0.05) is 0 Å². The van der Waals surface area contributed by atoms with Gasteiger partial charge in [0.2, 0.25) is 0 Å². The Kier molecular flexibility index (Phi) is 9.04. The summed E-state index contributed by atoms with van der Waals surface area (Å²) in [6.07, 6.45) is 7.00. The van der Waals surface area contributed by atoms with Crippen LogP contribution in [0.1, 0.15) is 47.0 Å². The molecule has 0 spiro atoms. The lowest BCUT2D eigenvalue weighted by atomic mass is 10.2. The van der Waals surface area contributed by atoms with Crippen molar-refractivity contribution in [2.75, 3.05) is 13.2 Å². The van der Waals surface area contributed by atoms with Crippen LogP contribution in [0.15, 0.2) is 23.7 Å². The van der Waals surface area contributed by atoms with E-state index in [-0.39, 0.29) is 0 Å². The van der Waals surface area contributed by atoms with Gasteiger partial charge in [-0.3, -0.25) is 0 Å². The Labute approximate surface area is 94.0 Å². The van der Waals surface area contributed by atoms with Crippen molar-refractivity contribution in [3.63, 3.8) is 0 Å². The highest BCUT2D eigenvalue weighted by Crippen LogP contribution is 1.99. The smallest absolute Gasteiger partial charge is 0.0873 e. The monoisotopic (exact) mass is 212 g/mol. The second-order valence-electron chi connectivity index (χ2n) is 4.19. The van der Waals surface area contributed by atoms with Gasteiger partial charge in [-0.15, -0.1) is 0 Å². The number of ether oxygens (including phenoxy) is 2. The highest BCUT2D eigenvalue weighted by molar-refractivity contribution is 4.86. The number of hydrogen-bond acceptors (Lipinski definition) is 2. The van der Waals surface area contributed by atoms with Crippen LogP contribution in [0.25, 0.3) is 0 Å². The Balaban J connectivity index is 3.12. The number of unbranched alkanes of at least 4 members (excludes halogenated alkanes) is 2. The van der Waals surface area contributed by atoms with Gasteiger partial charge in [0, 0.05) is 0 Å². The van der Waals surface area contributed by atoms with Gasteiger partial charge in [0.25, 0.3) is 0 Å². The van der Waals surface area contributed by atoms with E-state index in [0.29, 0.717) is 0 Å². The van der Waals surface area contributed by atoms with Crippen molar-refractivity contribution < 1.29 is 9.47 Å². The molecule has 2 heteroatoms. The van der Waals surface area contributed by atoms with E-state index in [1.807, 2.05) is 40.2 Å². The lowest BCUT2D eigenvalue weighted by Crippen LogP contribution is -1.92. The average molecular weight is 212 g/mol. The highest BCUT2D eigenvalue weighted by Gasteiger charge is 1.89. The van der Waals surface area contributed by atoms with Crippen molar-refractivity contribution in [2.45, 2.75) is 47.0 Å². The van der Waals surface area contributed by atoms with Gasteiger partial charge >= 0.3 is 0 Å². The van der Waals surface area contributed by atoms with Crippen molar-refractivity contribution in [2.24, 2.45) is 0 Å². The van der Waals surface area contributed by atoms with Crippen molar-refractivity contribution in [3.8, 4) is 0 Å². The standard InChI is InChI=1S/C13H24O2/c1-12(2)10-14-8-6-5-7-9-15-11-13(3)4/h10-11H,5-9H2,1-4H3. The van der Waals surface area contributed by atoms with Crippen molar-refractivity contribution in [1.82, 2.24) is 0 Å². The Morgan fingerprint density at radius 3 is 1.47 bits per heavy atom. The lowest BCUT2D eigenvalue weighted by Gasteiger charge is -2.03. The Morgan fingerprint density at radius 1 is 0.733 bits per heavy atom. The zero-order valence-corrected chi connectivity index (χ0v) is 10.5. The minimum absolute atomic E-state index is 0.813. The Morgan fingerprint density at radius 2 is 1.13 bits per heavy atom. The fourth-order valence-corrected chi connectivity index (χ4v) is 0.999. The molecule has 0 bridgehead atoms. The summed E-state index contributed by atoms with van der Waals surface area (Å²) in [6.45, 7) is 9.77. The molecule has 0 aromatic carbocycles. The molecule has 2 nitrogen and oxygen atoms in total. The predicted molar refractivity (Wildman–Crippen MR) is 64.6 cm³/mol. The minimum atomic E-state index is 0.813. The van der Waals surface area contributed by atoms with E-state index in [2.05, 4.69) is 0 Å². The predicted octanol–water partition coefficient (Wildman–Crippen LogP) is 4.04. The van der Waals surface area contributed by atoms with E-state index in [9.17, 15) is 0 Å². The molecule has 15 heavy (non-hydrogen) atoms. The maximum Gasteiger partial charge on any atom is 0.0873 e. The first-order chi connectivity index (χ1) is 7.13. The second kappa shape index (κ2) is 9.63. The molecule has 0 unspecified atom stereocenters. The van der Waals surface area contributed by atoms with Crippen molar-refractivity contribution >= 4 is 0 Å². The minimum Gasteiger partial charge on any atom is -0.501 e. The molecule has 0 atom stereocenters. The lowest BCUT2D eigenvalue weighted by molar-refractivity contribution is 0.216. The molecule has 0 aromatic rings. The number of rotatable bonds is 8. The van der Waals surface area contributed by atoms with Crippen molar-refractivity contribution in [3.05, 3.63) is 23.7 Å². The van der Waals surface area contributed by atoms with E-state index in [0.717, 1.165) is 32.5 Å². The van der Waals surface area contributed by atoms with Crippen LogP contribution < -0.4 is 0 Å². The van der Waals surface area contributed by atoms with E-state index in [1.165, 1.54) is 11.1 Å². The molecule has 0 aliphatic carbocycles. The molecular formula is C13H24O2. The third-order valence-corrected chi connectivity index (χ3v) is 1.66. The molecule has 0 fully saturated rings. The van der Waals surface area contributed by atoms with E-state index < -0.39 is 0 Å². The normalized spacial score (nSPS) is 9.33. The summed E-state index contributed by atoms with van der Waals surface area (Å²) < 4.78 is 10.7. The first-order valence-electron chi connectivity index (χ1n) is 5.63. The summed E-state index contributed by atoms with van der Waals surface area (Å²) in [5, 5.41) is 0. The van der Waals surface area contributed by atoms with Crippen LogP contribution in [0.3, 0.4) is 0 Å². The maximum atomic E-state index is 5.33. The van der Waals surface area contributed by atoms with Crippen LogP contribution in [-0.4, -0.2) is 13.2 Å². The molecule has 0 radical (unpaired) electrons. The molecular weight excluding hydrogens is 188 g/mol. The SMILES string of the molecule is CC(C)=COCCCCCOC=C(C)C. The molecule has 0 aromatic heterocycles. The fraction of sp³-hybridized carbons (Fsp3) is 0.692. The highest BCUT2D eigenvalue weighted by atomic mass is 16.5. The summed E-state index contributed by atoms with van der Waals surface area (Å²) >= 11 is 0. The van der Waals surface area contributed by atoms with Gasteiger partial charge in [0.1, 0.15) is 0 Å². The van der Waals surface area contributed by atoms with Gasteiger partial charge in [0.05, 0.1) is 25.7 Å². The van der Waals surface area contributed by atoms with E-state index in [4.69, 9.17) is 9.47 Å². The summed E-state index contributed by atoms with van der Waals surface area (Å²) in [6, 6.07) is 0. The molecule has 0 rings (SSSR count). The van der Waals surface area contributed by atoms with Crippen LogP contribution in [0.2, 0.25) is 0 Å². The third kappa shape index (κ3) is 13.1. The summed E-state index contributed by atoms with van der Waals surface area (Å²) in [5.41, 5.74) is 2.42. The molecule has 88 valence electrons. The van der Waals surface area contributed by atoms with E-state index in [1.54, 1.807) is 0 Å². The molecule has 0 aliphatic heterocycles. The quantitative estimate of drug-likeness (QED) is 0.446. The average Bonchev–Trinajstić information content (AvgIpc) is 2.14. The van der Waals surface area contributed by atoms with E-state index >= 15 is 0 Å². The van der Waals surface area contributed by atoms with Gasteiger partial charge < -0.3 is 9.47 Å². The van der Waals surface area contributed by atoms with Gasteiger partial charge in [0.15, 0.2) is 0 Å². The largest absolute Gasteiger partial charge is 0.501 e. The van der Waals surface area contributed by atoms with Crippen LogP contribution in [0.5, 0.6) is 0 Å². The third-order valence-electron chi connectivity index (χ3n) is 1.66. The number of allylic oxidation sites excluding steroid dienone is 2. The Hall–Kier alpha value is -0.920. The fourth-order valence-electron chi connectivity index (χ4n) is 0.999. The summed E-state index contributed by atoms with van der Waals surface area (Å²) in [4.78, 5) is 0. The Bertz CT molecular complexity index is 175. The topological polar surface area (TPSA) is 18.5 Å². The first-order valence-corrected chi connectivity index (χ1v) is 5.63. The molecule has 0 amide bonds. The zero-order chi connectivity index (χ0) is 11.5. The van der Waals surface area contributed by atoms with Gasteiger partial charge in [-0.2, -0.15) is 0 Å². The van der Waals surface area contributed by atoms with Gasteiger partial charge in [-0.25, -0.2) is 0 Å². The van der Waals surface area contributed by atoms with Crippen LogP contribution in [0, 0.1) is 0 Å². The molecule has 0 heterocycles. The molecule has 0 saturated heterocycles. The number of hydrogen-bond donors (Lipinski definition) is 0. The van der Waals surface area contributed by atoms with Crippen LogP contribution in [0.4, 0.5) is 0 Å². The molecule has 0 saturated carbocycles. The van der Waals surface area contributed by atoms with Crippen molar-refractivity contribution in [1.29, 1.82) is 0 Å². The maximum absolute atomic E-state index is 5.33. The first kappa shape index (κ1) is 14.1. The molecule has 0 aliphatic rings. The molecule has 0 N–H and O–H groups in total. The summed E-state index contributed by atoms with van der Waals surface area (Å²) in [7, 11) is 0. The zero-order valence-electron chi connectivity index (χ0n) is 10.5. The van der Waals surface area contributed by atoms with Crippen LogP contribution in [-0.2, 0) is 9.47 Å².